The Labute approximate surface area is 162 Å². The molecule has 1 amide bonds. The van der Waals surface area contributed by atoms with Gasteiger partial charge in [-0.1, -0.05) is 11.6 Å². The highest BCUT2D eigenvalue weighted by Crippen LogP contribution is 2.17. The zero-order chi connectivity index (χ0) is 18.8. The number of carbonyl (C=O) groups excluding carboxylic acids is 1. The zero-order valence-electron chi connectivity index (χ0n) is 14.9. The summed E-state index contributed by atoms with van der Waals surface area (Å²) < 4.78 is 1.70. The number of carbonyl (C=O) groups is 1. The summed E-state index contributed by atoms with van der Waals surface area (Å²) in [5.41, 5.74) is 1.59. The van der Waals surface area contributed by atoms with E-state index in [0.29, 0.717) is 42.6 Å². The second kappa shape index (κ2) is 7.36. The van der Waals surface area contributed by atoms with Gasteiger partial charge in [-0.2, -0.15) is 5.10 Å². The number of nitrogens with zero attached hydrogens (tertiary/aromatic N) is 6. The van der Waals surface area contributed by atoms with E-state index >= 15 is 0 Å². The van der Waals surface area contributed by atoms with E-state index in [1.54, 1.807) is 28.9 Å². The zero-order valence-corrected chi connectivity index (χ0v) is 15.7. The van der Waals surface area contributed by atoms with Gasteiger partial charge in [0.15, 0.2) is 11.6 Å². The molecule has 0 saturated carbocycles. The standard InChI is InChI=1S/C19H19ClN6O/c1-14-8-9-26(23-14)18-7-6-17(21-22-18)24-10-12-25(13-11-24)19(27)15-2-4-16(20)5-3-15/h2-9H,10-13H2,1H3. The van der Waals surface area contributed by atoms with E-state index < -0.39 is 0 Å². The van der Waals surface area contributed by atoms with E-state index in [4.69, 9.17) is 11.6 Å². The van der Waals surface area contributed by atoms with Gasteiger partial charge in [0.2, 0.25) is 0 Å². The second-order valence-electron chi connectivity index (χ2n) is 6.44. The summed E-state index contributed by atoms with van der Waals surface area (Å²) in [7, 11) is 0. The lowest BCUT2D eigenvalue weighted by Crippen LogP contribution is -2.49. The highest BCUT2D eigenvalue weighted by atomic mass is 35.5. The number of anilines is 1. The average molecular weight is 383 g/mol. The molecule has 3 heterocycles. The summed E-state index contributed by atoms with van der Waals surface area (Å²) in [6, 6.07) is 12.8. The number of benzene rings is 1. The summed E-state index contributed by atoms with van der Waals surface area (Å²) in [6.07, 6.45) is 1.86. The van der Waals surface area contributed by atoms with Crippen molar-refractivity contribution in [2.45, 2.75) is 6.92 Å². The summed E-state index contributed by atoms with van der Waals surface area (Å²) in [4.78, 5) is 16.6. The third-order valence-corrected chi connectivity index (χ3v) is 4.83. The van der Waals surface area contributed by atoms with Gasteiger partial charge >= 0.3 is 0 Å². The third-order valence-electron chi connectivity index (χ3n) is 4.58. The van der Waals surface area contributed by atoms with Gasteiger partial charge in [0.05, 0.1) is 5.69 Å². The molecule has 3 aromatic rings. The molecule has 1 aliphatic rings. The molecule has 1 fully saturated rings. The highest BCUT2D eigenvalue weighted by Gasteiger charge is 2.23. The molecular formula is C19H19ClN6O. The topological polar surface area (TPSA) is 67.2 Å². The largest absolute Gasteiger partial charge is 0.352 e. The number of halogens is 1. The molecule has 8 heteroatoms. The van der Waals surface area contributed by atoms with E-state index in [9.17, 15) is 4.79 Å². The van der Waals surface area contributed by atoms with Crippen molar-refractivity contribution in [1.82, 2.24) is 24.9 Å². The first-order valence-electron chi connectivity index (χ1n) is 8.76. The van der Waals surface area contributed by atoms with E-state index in [1.165, 1.54) is 0 Å². The van der Waals surface area contributed by atoms with Crippen LogP contribution in [0, 0.1) is 6.92 Å². The van der Waals surface area contributed by atoms with E-state index in [0.717, 1.165) is 11.5 Å². The van der Waals surface area contributed by atoms with Crippen LogP contribution in [0.15, 0.2) is 48.7 Å². The SMILES string of the molecule is Cc1ccn(-c2ccc(N3CCN(C(=O)c4ccc(Cl)cc4)CC3)nn2)n1. The van der Waals surface area contributed by atoms with E-state index in [-0.39, 0.29) is 5.91 Å². The van der Waals surface area contributed by atoms with Gasteiger partial charge in [-0.25, -0.2) is 4.68 Å². The van der Waals surface area contributed by atoms with Crippen LogP contribution in [-0.2, 0) is 0 Å². The van der Waals surface area contributed by atoms with Crippen LogP contribution in [0.2, 0.25) is 5.02 Å². The summed E-state index contributed by atoms with van der Waals surface area (Å²) in [6.45, 7) is 4.65. The molecule has 4 rings (SSSR count). The molecule has 7 nitrogen and oxygen atoms in total. The lowest BCUT2D eigenvalue weighted by atomic mass is 10.2. The van der Waals surface area contributed by atoms with Gasteiger partial charge in [-0.3, -0.25) is 4.79 Å². The number of hydrogen-bond donors (Lipinski definition) is 0. The van der Waals surface area contributed by atoms with Gasteiger partial charge in [0, 0.05) is 43.0 Å². The lowest BCUT2D eigenvalue weighted by Gasteiger charge is -2.35. The Hall–Kier alpha value is -2.93. The fourth-order valence-electron chi connectivity index (χ4n) is 3.07. The minimum atomic E-state index is 0.0294. The van der Waals surface area contributed by atoms with Gasteiger partial charge < -0.3 is 9.80 Å². The average Bonchev–Trinajstić information content (AvgIpc) is 3.15. The summed E-state index contributed by atoms with van der Waals surface area (Å²) in [5.74, 6) is 1.52. The molecule has 0 bridgehead atoms. The third kappa shape index (κ3) is 3.78. The van der Waals surface area contributed by atoms with Crippen LogP contribution in [0.5, 0.6) is 0 Å². The van der Waals surface area contributed by atoms with Crippen molar-refractivity contribution in [2.24, 2.45) is 0 Å². The molecule has 2 aromatic heterocycles. The fourth-order valence-corrected chi connectivity index (χ4v) is 3.19. The maximum absolute atomic E-state index is 12.6. The van der Waals surface area contributed by atoms with Crippen molar-refractivity contribution in [3.05, 3.63) is 64.9 Å². The molecule has 0 atom stereocenters. The maximum Gasteiger partial charge on any atom is 0.253 e. The van der Waals surface area contributed by atoms with Gasteiger partial charge in [-0.05, 0) is 49.4 Å². The van der Waals surface area contributed by atoms with Gasteiger partial charge in [0.25, 0.3) is 5.91 Å². The Morgan fingerprint density at radius 3 is 2.19 bits per heavy atom. The van der Waals surface area contributed by atoms with Crippen LogP contribution in [-0.4, -0.2) is 57.0 Å². The smallest absolute Gasteiger partial charge is 0.253 e. The van der Waals surface area contributed by atoms with Crippen molar-refractivity contribution in [2.75, 3.05) is 31.1 Å². The van der Waals surface area contributed by atoms with Crippen molar-refractivity contribution in [3.8, 4) is 5.82 Å². The molecule has 1 saturated heterocycles. The van der Waals surface area contributed by atoms with E-state index in [2.05, 4.69) is 20.2 Å². The first kappa shape index (κ1) is 17.5. The van der Waals surface area contributed by atoms with Crippen LogP contribution in [0.3, 0.4) is 0 Å². The van der Waals surface area contributed by atoms with Gasteiger partial charge in [0.1, 0.15) is 0 Å². The first-order valence-corrected chi connectivity index (χ1v) is 9.14. The number of rotatable bonds is 3. The second-order valence-corrected chi connectivity index (χ2v) is 6.87. The molecule has 1 aliphatic heterocycles. The first-order chi connectivity index (χ1) is 13.1. The summed E-state index contributed by atoms with van der Waals surface area (Å²) >= 11 is 5.89. The van der Waals surface area contributed by atoms with Crippen LogP contribution in [0.1, 0.15) is 16.1 Å². The summed E-state index contributed by atoms with van der Waals surface area (Å²) in [5, 5.41) is 13.5. The molecule has 27 heavy (non-hydrogen) atoms. The van der Waals surface area contributed by atoms with Crippen molar-refractivity contribution in [1.29, 1.82) is 0 Å². The Morgan fingerprint density at radius 2 is 1.59 bits per heavy atom. The van der Waals surface area contributed by atoms with Crippen molar-refractivity contribution in [3.63, 3.8) is 0 Å². The monoisotopic (exact) mass is 382 g/mol. The molecule has 0 aliphatic carbocycles. The molecule has 0 spiro atoms. The lowest BCUT2D eigenvalue weighted by molar-refractivity contribution is 0.0746. The Balaban J connectivity index is 1.39. The number of hydrogen-bond acceptors (Lipinski definition) is 5. The molecule has 1 aromatic carbocycles. The number of aryl methyl sites for hydroxylation is 1. The van der Waals surface area contributed by atoms with Crippen molar-refractivity contribution < 1.29 is 4.79 Å². The maximum atomic E-state index is 12.6. The van der Waals surface area contributed by atoms with E-state index in [1.807, 2.05) is 36.2 Å². The minimum Gasteiger partial charge on any atom is -0.352 e. The fraction of sp³-hybridized carbons (Fsp3) is 0.263. The molecule has 0 unspecified atom stereocenters. The van der Waals surface area contributed by atoms with Crippen LogP contribution < -0.4 is 4.90 Å². The predicted molar refractivity (Wildman–Crippen MR) is 103 cm³/mol. The van der Waals surface area contributed by atoms with Crippen LogP contribution in [0.25, 0.3) is 5.82 Å². The molecule has 0 N–H and O–H groups in total. The van der Waals surface area contributed by atoms with Crippen molar-refractivity contribution >= 4 is 23.3 Å². The molecule has 138 valence electrons. The Kier molecular flexibility index (Phi) is 4.77. The highest BCUT2D eigenvalue weighted by molar-refractivity contribution is 6.30. The normalized spacial score (nSPS) is 14.4. The van der Waals surface area contributed by atoms with Crippen LogP contribution >= 0.6 is 11.6 Å². The molecule has 0 radical (unpaired) electrons. The predicted octanol–water partition coefficient (Wildman–Crippen LogP) is 2.59. The van der Waals surface area contributed by atoms with Crippen LogP contribution in [0.4, 0.5) is 5.82 Å². The Morgan fingerprint density at radius 1 is 0.926 bits per heavy atom. The minimum absolute atomic E-state index is 0.0294. The number of piperazine rings is 1. The Bertz CT molecular complexity index is 930. The van der Waals surface area contributed by atoms with Gasteiger partial charge in [-0.15, -0.1) is 10.2 Å². The molecular weight excluding hydrogens is 364 g/mol. The number of amides is 1. The number of aromatic nitrogens is 4. The quantitative estimate of drug-likeness (QED) is 0.696.